The fourth-order valence-corrected chi connectivity index (χ4v) is 5.95. The Morgan fingerprint density at radius 3 is 2.20 bits per heavy atom. The van der Waals surface area contributed by atoms with Crippen molar-refractivity contribution in [2.24, 2.45) is 0 Å². The number of aromatic nitrogens is 2. The number of nitrogens with one attached hydrogen (secondary N) is 1. The Labute approximate surface area is 246 Å². The molecule has 0 bridgehead atoms. The van der Waals surface area contributed by atoms with Crippen molar-refractivity contribution in [3.63, 3.8) is 0 Å². The standard InChI is InChI=1S/C34H32N4O2S/c1-22-11-15-27(16-12-22)40-28-17-13-25(14-18-28)38-33(32(36-34(38)41)31-10-5-6-19-35-31)30-20-23(2)37(24(30)3)26-8-7-9-29(21-26)39-4/h5-21,32-33H,1-4H3,(H,36,41)/t32-,33-/m0/s1. The minimum atomic E-state index is -0.133. The van der Waals surface area contributed by atoms with Crippen molar-refractivity contribution in [1.82, 2.24) is 14.9 Å². The molecule has 41 heavy (non-hydrogen) atoms. The Morgan fingerprint density at radius 1 is 0.780 bits per heavy atom. The summed E-state index contributed by atoms with van der Waals surface area (Å²) < 4.78 is 13.9. The highest BCUT2D eigenvalue weighted by atomic mass is 32.1. The number of rotatable bonds is 7. The number of hydrogen-bond donors (Lipinski definition) is 1. The summed E-state index contributed by atoms with van der Waals surface area (Å²) in [5.74, 6) is 2.39. The van der Waals surface area contributed by atoms with Crippen molar-refractivity contribution in [2.75, 3.05) is 12.0 Å². The summed E-state index contributed by atoms with van der Waals surface area (Å²) in [5.41, 5.74) is 7.61. The van der Waals surface area contributed by atoms with Gasteiger partial charge in [0.05, 0.1) is 24.9 Å². The van der Waals surface area contributed by atoms with Crippen LogP contribution in [0.1, 0.15) is 40.3 Å². The zero-order chi connectivity index (χ0) is 28.5. The lowest BCUT2D eigenvalue weighted by Crippen LogP contribution is -2.29. The second-order valence-corrected chi connectivity index (χ2v) is 10.7. The van der Waals surface area contributed by atoms with Crippen LogP contribution in [0.4, 0.5) is 5.69 Å². The highest BCUT2D eigenvalue weighted by Gasteiger charge is 2.42. The van der Waals surface area contributed by atoms with Crippen molar-refractivity contribution in [1.29, 1.82) is 0 Å². The van der Waals surface area contributed by atoms with Crippen LogP contribution >= 0.6 is 12.2 Å². The fourth-order valence-electron chi connectivity index (χ4n) is 5.60. The molecule has 0 unspecified atom stereocenters. The monoisotopic (exact) mass is 560 g/mol. The zero-order valence-electron chi connectivity index (χ0n) is 23.5. The third-order valence-electron chi connectivity index (χ3n) is 7.57. The van der Waals surface area contributed by atoms with Crippen LogP contribution in [0.5, 0.6) is 17.2 Å². The van der Waals surface area contributed by atoms with Crippen LogP contribution in [0, 0.1) is 20.8 Å². The largest absolute Gasteiger partial charge is 0.497 e. The molecular weight excluding hydrogens is 528 g/mol. The van der Waals surface area contributed by atoms with E-state index in [2.05, 4.69) is 72.0 Å². The van der Waals surface area contributed by atoms with Crippen LogP contribution in [-0.2, 0) is 0 Å². The van der Waals surface area contributed by atoms with E-state index in [1.807, 2.05) is 66.9 Å². The van der Waals surface area contributed by atoms with Crippen molar-refractivity contribution < 1.29 is 9.47 Å². The van der Waals surface area contributed by atoms with Gasteiger partial charge in [-0.2, -0.15) is 0 Å². The molecule has 5 aromatic rings. The first-order valence-electron chi connectivity index (χ1n) is 13.6. The van der Waals surface area contributed by atoms with Gasteiger partial charge in [-0.1, -0.05) is 29.8 Å². The van der Waals surface area contributed by atoms with Gasteiger partial charge in [0.25, 0.3) is 0 Å². The summed E-state index contributed by atoms with van der Waals surface area (Å²) in [6.07, 6.45) is 1.83. The lowest BCUT2D eigenvalue weighted by molar-refractivity contribution is 0.414. The predicted molar refractivity (Wildman–Crippen MR) is 167 cm³/mol. The van der Waals surface area contributed by atoms with E-state index in [0.717, 1.165) is 45.7 Å². The van der Waals surface area contributed by atoms with Gasteiger partial charge in [0.1, 0.15) is 17.2 Å². The molecular formula is C34H32N4O2S. The van der Waals surface area contributed by atoms with Crippen molar-refractivity contribution in [2.45, 2.75) is 32.9 Å². The van der Waals surface area contributed by atoms with Crippen molar-refractivity contribution in [3.8, 4) is 22.9 Å². The van der Waals surface area contributed by atoms with E-state index in [9.17, 15) is 0 Å². The summed E-state index contributed by atoms with van der Waals surface area (Å²) in [6, 6.07) is 32.3. The third kappa shape index (κ3) is 5.16. The maximum Gasteiger partial charge on any atom is 0.174 e. The lowest BCUT2D eigenvalue weighted by atomic mass is 9.96. The second kappa shape index (κ2) is 11.1. The van der Waals surface area contributed by atoms with Gasteiger partial charge in [-0.3, -0.25) is 4.98 Å². The average molecular weight is 561 g/mol. The highest BCUT2D eigenvalue weighted by molar-refractivity contribution is 7.80. The third-order valence-corrected chi connectivity index (χ3v) is 7.88. The number of pyridine rings is 1. The summed E-state index contributed by atoms with van der Waals surface area (Å²) in [5, 5.41) is 4.23. The number of hydrogen-bond acceptors (Lipinski definition) is 4. The van der Waals surface area contributed by atoms with Gasteiger partial charge in [-0.05, 0) is 105 Å². The van der Waals surface area contributed by atoms with E-state index in [0.29, 0.717) is 5.11 Å². The predicted octanol–water partition coefficient (Wildman–Crippen LogP) is 7.78. The number of nitrogens with zero attached hydrogens (tertiary/aromatic N) is 3. The number of methoxy groups -OCH3 is 1. The molecule has 6 rings (SSSR count). The van der Waals surface area contributed by atoms with Crippen molar-refractivity contribution >= 4 is 23.0 Å². The van der Waals surface area contributed by atoms with Gasteiger partial charge in [-0.15, -0.1) is 0 Å². The molecule has 0 saturated carbocycles. The van der Waals surface area contributed by atoms with E-state index >= 15 is 0 Å². The first-order chi connectivity index (χ1) is 19.9. The molecule has 1 aliphatic heterocycles. The highest BCUT2D eigenvalue weighted by Crippen LogP contribution is 2.44. The van der Waals surface area contributed by atoms with E-state index in [4.69, 9.17) is 26.7 Å². The number of benzene rings is 3. The molecule has 1 saturated heterocycles. The fraction of sp³-hybridized carbons (Fsp3) is 0.176. The molecule has 3 heterocycles. The van der Waals surface area contributed by atoms with Gasteiger partial charge < -0.3 is 24.3 Å². The molecule has 1 fully saturated rings. The van der Waals surface area contributed by atoms with Gasteiger partial charge >= 0.3 is 0 Å². The normalized spacial score (nSPS) is 16.5. The quantitative estimate of drug-likeness (QED) is 0.205. The number of ether oxygens (including phenoxy) is 2. The molecule has 7 heteroatoms. The Morgan fingerprint density at radius 2 is 1.51 bits per heavy atom. The molecule has 0 spiro atoms. The molecule has 1 aliphatic rings. The van der Waals surface area contributed by atoms with Crippen LogP contribution in [0.15, 0.2) is 103 Å². The average Bonchev–Trinajstić information content (AvgIpc) is 3.49. The smallest absolute Gasteiger partial charge is 0.174 e. The van der Waals surface area contributed by atoms with E-state index in [1.54, 1.807) is 7.11 Å². The molecule has 206 valence electrons. The Hall–Kier alpha value is -4.62. The summed E-state index contributed by atoms with van der Waals surface area (Å²) >= 11 is 5.97. The summed E-state index contributed by atoms with van der Waals surface area (Å²) in [7, 11) is 1.69. The second-order valence-electron chi connectivity index (χ2n) is 10.3. The maximum atomic E-state index is 6.10. The molecule has 0 amide bonds. The van der Waals surface area contributed by atoms with Crippen LogP contribution in [-0.4, -0.2) is 21.8 Å². The Balaban J connectivity index is 1.40. The van der Waals surface area contributed by atoms with Gasteiger partial charge in [0.15, 0.2) is 5.11 Å². The van der Waals surface area contributed by atoms with Gasteiger partial charge in [0, 0.05) is 35.0 Å². The molecule has 2 aromatic heterocycles. The number of thiocarbonyl (C=S) groups is 1. The minimum absolute atomic E-state index is 0.119. The first kappa shape index (κ1) is 26.6. The van der Waals surface area contributed by atoms with Crippen LogP contribution in [0.25, 0.3) is 5.69 Å². The van der Waals surface area contributed by atoms with E-state index < -0.39 is 0 Å². The zero-order valence-corrected chi connectivity index (χ0v) is 24.4. The first-order valence-corrected chi connectivity index (χ1v) is 14.0. The topological polar surface area (TPSA) is 51.5 Å². The Kier molecular flexibility index (Phi) is 7.20. The van der Waals surface area contributed by atoms with Crippen molar-refractivity contribution in [3.05, 3.63) is 131 Å². The van der Waals surface area contributed by atoms with Crippen LogP contribution < -0.4 is 19.7 Å². The summed E-state index contributed by atoms with van der Waals surface area (Å²) in [6.45, 7) is 6.36. The molecule has 2 atom stereocenters. The maximum absolute atomic E-state index is 6.10. The molecule has 3 aromatic carbocycles. The van der Waals surface area contributed by atoms with Crippen LogP contribution in [0.3, 0.4) is 0 Å². The Bertz CT molecular complexity index is 1680. The summed E-state index contributed by atoms with van der Waals surface area (Å²) in [4.78, 5) is 6.91. The number of aryl methyl sites for hydroxylation is 2. The molecule has 0 radical (unpaired) electrons. The van der Waals surface area contributed by atoms with E-state index in [1.165, 1.54) is 11.1 Å². The lowest BCUT2D eigenvalue weighted by Gasteiger charge is -2.28. The van der Waals surface area contributed by atoms with Gasteiger partial charge in [-0.25, -0.2) is 0 Å². The van der Waals surface area contributed by atoms with Crippen LogP contribution in [0.2, 0.25) is 0 Å². The SMILES string of the molecule is COc1cccc(-n2c(C)cc([C@H]3[C@H](c4ccccn4)NC(=S)N3c3ccc(Oc4ccc(C)cc4)cc3)c2C)c1. The minimum Gasteiger partial charge on any atom is -0.497 e. The van der Waals surface area contributed by atoms with Gasteiger partial charge in [0.2, 0.25) is 0 Å². The van der Waals surface area contributed by atoms with E-state index in [-0.39, 0.29) is 12.1 Å². The molecule has 0 aliphatic carbocycles. The molecule has 6 nitrogen and oxygen atoms in total. The molecule has 1 N–H and O–H groups in total. The number of anilines is 1.